The lowest BCUT2D eigenvalue weighted by atomic mass is 10.2. The zero-order valence-corrected chi connectivity index (χ0v) is 8.38. The number of likely N-dealkylation sites (N-methyl/N-ethyl adjacent to an activating group) is 1. The Kier molecular flexibility index (Phi) is 1.95. The largest absolute Gasteiger partial charge is 0.390 e. The molecule has 7 heteroatoms. The van der Waals surface area contributed by atoms with Gasteiger partial charge in [-0.25, -0.2) is 0 Å². The summed E-state index contributed by atoms with van der Waals surface area (Å²) in [5.41, 5.74) is 0.281. The average molecular weight is 210 g/mol. The maximum absolute atomic E-state index is 11.6. The van der Waals surface area contributed by atoms with Crippen LogP contribution in [-0.2, 0) is 0 Å². The third kappa shape index (κ3) is 1.36. The molecule has 15 heavy (non-hydrogen) atoms. The van der Waals surface area contributed by atoms with Crippen LogP contribution in [0.25, 0.3) is 0 Å². The van der Waals surface area contributed by atoms with Crippen molar-refractivity contribution in [3.63, 3.8) is 0 Å². The van der Waals surface area contributed by atoms with E-state index in [1.807, 2.05) is 6.92 Å². The number of amides is 1. The predicted octanol–water partition coefficient (Wildman–Crippen LogP) is 0.438. The first-order chi connectivity index (χ1) is 7.00. The van der Waals surface area contributed by atoms with Gasteiger partial charge in [-0.05, 0) is 11.8 Å². The fourth-order valence-corrected chi connectivity index (χ4v) is 1.72. The minimum absolute atomic E-state index is 0.0311. The van der Waals surface area contributed by atoms with Crippen molar-refractivity contribution < 1.29 is 9.72 Å². The van der Waals surface area contributed by atoms with E-state index in [9.17, 15) is 14.9 Å². The van der Waals surface area contributed by atoms with Gasteiger partial charge in [-0.15, -0.1) is 0 Å². The molecule has 1 unspecified atom stereocenters. The standard InChI is InChI=1S/C8H10N4O3/c1-5-4-10(2)8(13)6-3-7(12(14)15)9-11(5)6/h3,5H,4H2,1-2H3. The highest BCUT2D eigenvalue weighted by molar-refractivity contribution is 5.93. The Hall–Kier alpha value is -1.92. The Morgan fingerprint density at radius 3 is 2.93 bits per heavy atom. The normalized spacial score (nSPS) is 20.3. The highest BCUT2D eigenvalue weighted by atomic mass is 16.6. The van der Waals surface area contributed by atoms with Gasteiger partial charge in [-0.2, -0.15) is 4.68 Å². The maximum Gasteiger partial charge on any atom is 0.390 e. The fraction of sp³-hybridized carbons (Fsp3) is 0.500. The molecule has 0 radical (unpaired) electrons. The highest BCUT2D eigenvalue weighted by Gasteiger charge is 2.33. The molecule has 7 nitrogen and oxygen atoms in total. The summed E-state index contributed by atoms with van der Waals surface area (Å²) >= 11 is 0. The van der Waals surface area contributed by atoms with Gasteiger partial charge in [0.05, 0.1) is 17.2 Å². The second kappa shape index (κ2) is 3.04. The summed E-state index contributed by atoms with van der Waals surface area (Å²) in [5, 5.41) is 14.3. The monoisotopic (exact) mass is 210 g/mol. The van der Waals surface area contributed by atoms with Gasteiger partial charge in [0.25, 0.3) is 5.91 Å². The van der Waals surface area contributed by atoms with E-state index < -0.39 is 4.92 Å². The fourth-order valence-electron chi connectivity index (χ4n) is 1.72. The number of aromatic nitrogens is 2. The summed E-state index contributed by atoms with van der Waals surface area (Å²) in [6.45, 7) is 2.38. The number of hydrogen-bond donors (Lipinski definition) is 0. The minimum atomic E-state index is -0.592. The number of nitro groups is 1. The van der Waals surface area contributed by atoms with E-state index in [-0.39, 0.29) is 23.5 Å². The number of nitrogens with zero attached hydrogens (tertiary/aromatic N) is 4. The molecule has 0 bridgehead atoms. The first-order valence-electron chi connectivity index (χ1n) is 4.50. The summed E-state index contributed by atoms with van der Waals surface area (Å²) in [7, 11) is 1.67. The van der Waals surface area contributed by atoms with Crippen molar-refractivity contribution in [2.24, 2.45) is 0 Å². The van der Waals surface area contributed by atoms with Gasteiger partial charge < -0.3 is 15.0 Å². The van der Waals surface area contributed by atoms with Crippen molar-refractivity contribution in [1.29, 1.82) is 0 Å². The van der Waals surface area contributed by atoms with E-state index in [0.29, 0.717) is 6.54 Å². The average Bonchev–Trinajstić information content (AvgIpc) is 2.59. The highest BCUT2D eigenvalue weighted by Crippen LogP contribution is 2.22. The van der Waals surface area contributed by atoms with Gasteiger partial charge in [-0.1, -0.05) is 0 Å². The van der Waals surface area contributed by atoms with E-state index in [4.69, 9.17) is 0 Å². The quantitative estimate of drug-likeness (QED) is 0.497. The third-order valence-corrected chi connectivity index (χ3v) is 2.43. The third-order valence-electron chi connectivity index (χ3n) is 2.43. The van der Waals surface area contributed by atoms with Crippen LogP contribution in [0.2, 0.25) is 0 Å². The van der Waals surface area contributed by atoms with E-state index in [1.54, 1.807) is 7.05 Å². The van der Waals surface area contributed by atoms with Crippen molar-refractivity contribution in [2.75, 3.05) is 13.6 Å². The van der Waals surface area contributed by atoms with E-state index in [0.717, 1.165) is 0 Å². The molecule has 1 aliphatic heterocycles. The van der Waals surface area contributed by atoms with Gasteiger partial charge in [0.1, 0.15) is 0 Å². The molecule has 0 aliphatic carbocycles. The van der Waals surface area contributed by atoms with E-state index >= 15 is 0 Å². The molecule has 0 N–H and O–H groups in total. The minimum Gasteiger partial charge on any atom is -0.358 e. The molecule has 0 saturated carbocycles. The van der Waals surface area contributed by atoms with Gasteiger partial charge in [-0.3, -0.25) is 4.79 Å². The molecule has 80 valence electrons. The summed E-state index contributed by atoms with van der Waals surface area (Å²) in [4.78, 5) is 23.1. The van der Waals surface area contributed by atoms with Crippen LogP contribution in [0.15, 0.2) is 6.07 Å². The number of rotatable bonds is 1. The summed E-state index contributed by atoms with van der Waals surface area (Å²) in [6.07, 6.45) is 0. The molecule has 0 spiro atoms. The number of carbonyl (C=O) groups is 1. The summed E-state index contributed by atoms with van der Waals surface area (Å²) in [6, 6.07) is 1.19. The molecule has 0 fully saturated rings. The van der Waals surface area contributed by atoms with Crippen LogP contribution in [0.1, 0.15) is 23.5 Å². The smallest absolute Gasteiger partial charge is 0.358 e. The Morgan fingerprint density at radius 1 is 1.67 bits per heavy atom. The molecule has 1 atom stereocenters. The molecule has 1 aliphatic rings. The molecule has 0 aromatic carbocycles. The topological polar surface area (TPSA) is 81.3 Å². The second-order valence-corrected chi connectivity index (χ2v) is 3.62. The van der Waals surface area contributed by atoms with Crippen LogP contribution >= 0.6 is 0 Å². The van der Waals surface area contributed by atoms with Crippen molar-refractivity contribution in [3.8, 4) is 0 Å². The first kappa shape index (κ1) is 9.63. The Balaban J connectivity index is 2.52. The van der Waals surface area contributed by atoms with Crippen LogP contribution in [0, 0.1) is 10.1 Å². The zero-order chi connectivity index (χ0) is 11.2. The van der Waals surface area contributed by atoms with Crippen LogP contribution < -0.4 is 0 Å². The van der Waals surface area contributed by atoms with Gasteiger partial charge in [0, 0.05) is 13.6 Å². The number of hydrogen-bond acceptors (Lipinski definition) is 4. The Labute approximate surface area is 85.4 Å². The zero-order valence-electron chi connectivity index (χ0n) is 8.38. The van der Waals surface area contributed by atoms with Crippen molar-refractivity contribution in [1.82, 2.24) is 14.7 Å². The Bertz CT molecular complexity index is 439. The summed E-state index contributed by atoms with van der Waals surface area (Å²) < 4.78 is 1.42. The Morgan fingerprint density at radius 2 is 2.33 bits per heavy atom. The SMILES string of the molecule is CC1CN(C)C(=O)c2cc([N+](=O)[O-])nn21. The maximum atomic E-state index is 11.6. The van der Waals surface area contributed by atoms with Crippen molar-refractivity contribution in [2.45, 2.75) is 13.0 Å². The number of carbonyl (C=O) groups excluding carboxylic acids is 1. The van der Waals surface area contributed by atoms with E-state index in [2.05, 4.69) is 5.10 Å². The lowest BCUT2D eigenvalue weighted by Crippen LogP contribution is -2.39. The van der Waals surface area contributed by atoms with Crippen LogP contribution in [0.3, 0.4) is 0 Å². The van der Waals surface area contributed by atoms with Crippen molar-refractivity contribution in [3.05, 3.63) is 21.9 Å². The lowest BCUT2D eigenvalue weighted by molar-refractivity contribution is -0.389. The van der Waals surface area contributed by atoms with Crippen LogP contribution in [0.4, 0.5) is 5.82 Å². The lowest BCUT2D eigenvalue weighted by Gasteiger charge is -2.25. The summed E-state index contributed by atoms with van der Waals surface area (Å²) in [5.74, 6) is -0.505. The predicted molar refractivity (Wildman–Crippen MR) is 50.6 cm³/mol. The van der Waals surface area contributed by atoms with E-state index in [1.165, 1.54) is 15.6 Å². The molecule has 0 saturated heterocycles. The van der Waals surface area contributed by atoms with Crippen LogP contribution in [-0.4, -0.2) is 39.1 Å². The molecule has 1 amide bonds. The van der Waals surface area contributed by atoms with Crippen molar-refractivity contribution >= 4 is 11.7 Å². The van der Waals surface area contributed by atoms with Crippen LogP contribution in [0.5, 0.6) is 0 Å². The molecular weight excluding hydrogens is 200 g/mol. The number of fused-ring (bicyclic) bond motifs is 1. The second-order valence-electron chi connectivity index (χ2n) is 3.62. The molecular formula is C8H10N4O3. The molecule has 1 aromatic rings. The van der Waals surface area contributed by atoms with Gasteiger partial charge in [0.15, 0.2) is 5.69 Å². The van der Waals surface area contributed by atoms with Gasteiger partial charge in [0.2, 0.25) is 0 Å². The van der Waals surface area contributed by atoms with Gasteiger partial charge >= 0.3 is 5.82 Å². The molecule has 2 rings (SSSR count). The molecule has 2 heterocycles. The first-order valence-corrected chi connectivity index (χ1v) is 4.50. The molecule has 1 aromatic heterocycles.